The first kappa shape index (κ1) is 13.0. The summed E-state index contributed by atoms with van der Waals surface area (Å²) in [7, 11) is 1.73. The molecule has 1 heterocycles. The molecule has 0 aromatic carbocycles. The molecule has 0 saturated heterocycles. The first-order chi connectivity index (χ1) is 8.69. The zero-order chi connectivity index (χ0) is 13.0. The molecule has 1 atom stereocenters. The van der Waals surface area contributed by atoms with Crippen molar-refractivity contribution in [2.24, 2.45) is 4.99 Å². The predicted molar refractivity (Wildman–Crippen MR) is 70.5 cm³/mol. The minimum Gasteiger partial charge on any atom is -0.464 e. The zero-order valence-corrected chi connectivity index (χ0v) is 10.9. The Balaban J connectivity index is 1.78. The molecule has 0 radical (unpaired) electrons. The van der Waals surface area contributed by atoms with E-state index in [4.69, 9.17) is 4.42 Å². The summed E-state index contributed by atoms with van der Waals surface area (Å²) in [5, 5.41) is 16.4. The third kappa shape index (κ3) is 3.26. The van der Waals surface area contributed by atoms with Crippen LogP contribution in [-0.2, 0) is 0 Å². The third-order valence-electron chi connectivity index (χ3n) is 3.22. The number of hydrogen-bond acceptors (Lipinski definition) is 3. The van der Waals surface area contributed by atoms with E-state index in [9.17, 15) is 5.11 Å². The summed E-state index contributed by atoms with van der Waals surface area (Å²) in [4.78, 5) is 4.13. The Kier molecular flexibility index (Phi) is 4.25. The summed E-state index contributed by atoms with van der Waals surface area (Å²) in [6.45, 7) is 2.25. The summed E-state index contributed by atoms with van der Waals surface area (Å²) in [5.74, 6) is 2.13. The highest BCUT2D eigenvalue weighted by Gasteiger charge is 2.19. The molecule has 1 aromatic heterocycles. The number of guanidine groups is 1. The van der Waals surface area contributed by atoms with E-state index in [1.165, 1.54) is 19.3 Å². The maximum atomic E-state index is 9.94. The molecule has 18 heavy (non-hydrogen) atoms. The highest BCUT2D eigenvalue weighted by molar-refractivity contribution is 5.80. The van der Waals surface area contributed by atoms with Crippen molar-refractivity contribution < 1.29 is 9.52 Å². The summed E-state index contributed by atoms with van der Waals surface area (Å²) in [6, 6.07) is 4.17. The van der Waals surface area contributed by atoms with Crippen molar-refractivity contribution in [3.05, 3.63) is 23.7 Å². The van der Waals surface area contributed by atoms with Crippen molar-refractivity contribution in [2.45, 2.75) is 38.3 Å². The van der Waals surface area contributed by atoms with Gasteiger partial charge in [0.15, 0.2) is 5.96 Å². The van der Waals surface area contributed by atoms with Crippen LogP contribution >= 0.6 is 0 Å². The zero-order valence-electron chi connectivity index (χ0n) is 10.9. The number of nitrogens with one attached hydrogen (secondary N) is 2. The first-order valence-corrected chi connectivity index (χ1v) is 6.40. The molecule has 1 aliphatic carbocycles. The van der Waals surface area contributed by atoms with Crippen LogP contribution in [0.15, 0.2) is 21.5 Å². The molecule has 0 aliphatic heterocycles. The van der Waals surface area contributed by atoms with E-state index in [1.807, 2.05) is 13.0 Å². The number of hydrogen-bond donors (Lipinski definition) is 3. The average Bonchev–Trinajstić information content (AvgIpc) is 2.73. The fourth-order valence-electron chi connectivity index (χ4n) is 1.87. The quantitative estimate of drug-likeness (QED) is 0.558. The van der Waals surface area contributed by atoms with Gasteiger partial charge in [0, 0.05) is 13.1 Å². The molecule has 5 heteroatoms. The van der Waals surface area contributed by atoms with Gasteiger partial charge < -0.3 is 20.2 Å². The normalized spacial score (nSPS) is 18.3. The fourth-order valence-corrected chi connectivity index (χ4v) is 1.87. The van der Waals surface area contributed by atoms with E-state index in [-0.39, 0.29) is 0 Å². The van der Waals surface area contributed by atoms with Crippen LogP contribution in [0.3, 0.4) is 0 Å². The Morgan fingerprint density at radius 1 is 1.56 bits per heavy atom. The number of aryl methyl sites for hydroxylation is 1. The summed E-state index contributed by atoms with van der Waals surface area (Å²) >= 11 is 0. The van der Waals surface area contributed by atoms with Gasteiger partial charge in [0.1, 0.15) is 17.6 Å². The van der Waals surface area contributed by atoms with Crippen molar-refractivity contribution in [1.29, 1.82) is 0 Å². The predicted octanol–water partition coefficient (Wildman–Crippen LogP) is 1.34. The van der Waals surface area contributed by atoms with Crippen LogP contribution in [0.4, 0.5) is 0 Å². The van der Waals surface area contributed by atoms with Crippen molar-refractivity contribution in [2.75, 3.05) is 13.6 Å². The molecule has 0 bridgehead atoms. The molecule has 0 spiro atoms. The molecular weight excluding hydrogens is 230 g/mol. The summed E-state index contributed by atoms with van der Waals surface area (Å²) in [5.41, 5.74) is 0. The largest absolute Gasteiger partial charge is 0.464 e. The van der Waals surface area contributed by atoms with Gasteiger partial charge in [-0.2, -0.15) is 0 Å². The lowest BCUT2D eigenvalue weighted by molar-refractivity contribution is 0.151. The fraction of sp³-hybridized carbons (Fsp3) is 0.615. The van der Waals surface area contributed by atoms with Crippen molar-refractivity contribution in [1.82, 2.24) is 10.6 Å². The van der Waals surface area contributed by atoms with E-state index in [0.717, 1.165) is 11.7 Å². The van der Waals surface area contributed by atoms with Crippen LogP contribution in [0.1, 0.15) is 36.9 Å². The number of nitrogens with zero attached hydrogens (tertiary/aromatic N) is 1. The molecule has 3 N–H and O–H groups in total. The van der Waals surface area contributed by atoms with Crippen LogP contribution in [0, 0.1) is 6.92 Å². The topological polar surface area (TPSA) is 69.8 Å². The third-order valence-corrected chi connectivity index (χ3v) is 3.22. The molecule has 5 nitrogen and oxygen atoms in total. The number of rotatable bonds is 4. The molecule has 1 aromatic rings. The molecule has 2 rings (SSSR count). The van der Waals surface area contributed by atoms with Crippen molar-refractivity contribution in [3.63, 3.8) is 0 Å². The van der Waals surface area contributed by atoms with Gasteiger partial charge in [-0.05, 0) is 38.3 Å². The first-order valence-electron chi connectivity index (χ1n) is 6.40. The number of aliphatic hydroxyl groups is 1. The smallest absolute Gasteiger partial charge is 0.191 e. The van der Waals surface area contributed by atoms with Gasteiger partial charge >= 0.3 is 0 Å². The van der Waals surface area contributed by atoms with Crippen molar-refractivity contribution >= 4 is 5.96 Å². The molecular formula is C13H21N3O2. The Morgan fingerprint density at radius 3 is 2.83 bits per heavy atom. The second kappa shape index (κ2) is 5.91. The van der Waals surface area contributed by atoms with Gasteiger partial charge in [-0.1, -0.05) is 0 Å². The van der Waals surface area contributed by atoms with Gasteiger partial charge in [0.2, 0.25) is 0 Å². The second-order valence-electron chi connectivity index (χ2n) is 4.69. The monoisotopic (exact) mass is 251 g/mol. The Labute approximate surface area is 107 Å². The van der Waals surface area contributed by atoms with E-state index < -0.39 is 6.10 Å². The maximum Gasteiger partial charge on any atom is 0.191 e. The lowest BCUT2D eigenvalue weighted by Gasteiger charge is -2.28. The molecule has 100 valence electrons. The average molecular weight is 251 g/mol. The van der Waals surface area contributed by atoms with Gasteiger partial charge in [-0.3, -0.25) is 4.99 Å². The number of aliphatic imine (C=N–C) groups is 1. The number of furan rings is 1. The molecule has 1 fully saturated rings. The lowest BCUT2D eigenvalue weighted by atomic mass is 9.93. The van der Waals surface area contributed by atoms with E-state index in [2.05, 4.69) is 15.6 Å². The highest BCUT2D eigenvalue weighted by Crippen LogP contribution is 2.18. The van der Waals surface area contributed by atoms with Gasteiger partial charge in [-0.25, -0.2) is 0 Å². The second-order valence-corrected chi connectivity index (χ2v) is 4.69. The Morgan fingerprint density at radius 2 is 2.33 bits per heavy atom. The Hall–Kier alpha value is -1.49. The van der Waals surface area contributed by atoms with Gasteiger partial charge in [0.25, 0.3) is 0 Å². The van der Waals surface area contributed by atoms with Crippen LogP contribution in [0.2, 0.25) is 0 Å². The SMILES string of the molecule is CN=C(NCC(O)c1ccc(C)o1)NC1CCC1. The lowest BCUT2D eigenvalue weighted by Crippen LogP contribution is -2.47. The highest BCUT2D eigenvalue weighted by atomic mass is 16.4. The van der Waals surface area contributed by atoms with E-state index in [0.29, 0.717) is 18.3 Å². The standard InChI is InChI=1S/C13H21N3O2/c1-9-6-7-12(18-9)11(17)8-15-13(14-2)16-10-4-3-5-10/h6-7,10-11,17H,3-5,8H2,1-2H3,(H2,14,15,16). The van der Waals surface area contributed by atoms with Crippen LogP contribution in [0.5, 0.6) is 0 Å². The summed E-state index contributed by atoms with van der Waals surface area (Å²) in [6.07, 6.45) is 3.02. The van der Waals surface area contributed by atoms with Gasteiger partial charge in [-0.15, -0.1) is 0 Å². The molecule has 1 unspecified atom stereocenters. The van der Waals surface area contributed by atoms with E-state index >= 15 is 0 Å². The van der Waals surface area contributed by atoms with Crippen LogP contribution in [0.25, 0.3) is 0 Å². The maximum absolute atomic E-state index is 9.94. The van der Waals surface area contributed by atoms with Gasteiger partial charge in [0.05, 0.1) is 6.54 Å². The molecule has 1 saturated carbocycles. The molecule has 0 amide bonds. The minimum atomic E-state index is -0.654. The Bertz CT molecular complexity index is 410. The van der Waals surface area contributed by atoms with Crippen LogP contribution < -0.4 is 10.6 Å². The minimum absolute atomic E-state index is 0.388. The van der Waals surface area contributed by atoms with Crippen LogP contribution in [-0.4, -0.2) is 30.7 Å². The van der Waals surface area contributed by atoms with E-state index in [1.54, 1.807) is 13.1 Å². The van der Waals surface area contributed by atoms with Crippen molar-refractivity contribution in [3.8, 4) is 0 Å². The molecule has 1 aliphatic rings. The number of aliphatic hydroxyl groups excluding tert-OH is 1. The summed E-state index contributed by atoms with van der Waals surface area (Å²) < 4.78 is 5.37.